The van der Waals surface area contributed by atoms with Gasteiger partial charge in [-0.05, 0) is 39.0 Å². The van der Waals surface area contributed by atoms with Crippen LogP contribution < -0.4 is 5.32 Å². The summed E-state index contributed by atoms with van der Waals surface area (Å²) in [6, 6.07) is 0.678. The number of ether oxygens (including phenoxy) is 1. The average Bonchev–Trinajstić information content (AvgIpc) is 2.35. The van der Waals surface area contributed by atoms with E-state index in [1.165, 1.54) is 32.4 Å². The molecule has 2 fully saturated rings. The van der Waals surface area contributed by atoms with Gasteiger partial charge in [-0.3, -0.25) is 4.90 Å². The number of hydrogen-bond acceptors (Lipinski definition) is 3. The minimum absolute atomic E-state index is 0.317. The lowest BCUT2D eigenvalue weighted by Crippen LogP contribution is -2.62. The topological polar surface area (TPSA) is 24.5 Å². The molecule has 0 radical (unpaired) electrons. The number of piperazine rings is 1. The standard InChI is InChI=1S/C14H28N2O/c1-4-14(3)11-16(12(2)9-15-14)10-13-5-7-17-8-6-13/h12-13,15H,4-11H2,1-3H3. The van der Waals surface area contributed by atoms with Crippen molar-refractivity contribution in [3.63, 3.8) is 0 Å². The van der Waals surface area contributed by atoms with E-state index in [2.05, 4.69) is 31.0 Å². The maximum atomic E-state index is 5.45. The van der Waals surface area contributed by atoms with Gasteiger partial charge in [0.25, 0.3) is 0 Å². The normalized spacial score (nSPS) is 37.2. The van der Waals surface area contributed by atoms with Crippen molar-refractivity contribution in [1.29, 1.82) is 0 Å². The van der Waals surface area contributed by atoms with Gasteiger partial charge in [-0.2, -0.15) is 0 Å². The number of nitrogens with one attached hydrogen (secondary N) is 1. The molecule has 17 heavy (non-hydrogen) atoms. The molecule has 0 aromatic heterocycles. The highest BCUT2D eigenvalue weighted by Crippen LogP contribution is 2.23. The Labute approximate surface area is 106 Å². The maximum absolute atomic E-state index is 5.45. The van der Waals surface area contributed by atoms with Gasteiger partial charge in [0.05, 0.1) is 0 Å². The summed E-state index contributed by atoms with van der Waals surface area (Å²) in [5.41, 5.74) is 0.317. The van der Waals surface area contributed by atoms with Gasteiger partial charge in [0.1, 0.15) is 0 Å². The molecule has 0 spiro atoms. The van der Waals surface area contributed by atoms with E-state index in [9.17, 15) is 0 Å². The Bertz CT molecular complexity index is 240. The van der Waals surface area contributed by atoms with E-state index in [0.29, 0.717) is 11.6 Å². The van der Waals surface area contributed by atoms with Crippen LogP contribution in [0, 0.1) is 5.92 Å². The highest BCUT2D eigenvalue weighted by atomic mass is 16.5. The predicted octanol–water partition coefficient (Wildman–Crippen LogP) is 1.88. The van der Waals surface area contributed by atoms with Crippen LogP contribution in [0.2, 0.25) is 0 Å². The summed E-state index contributed by atoms with van der Waals surface area (Å²) in [6.45, 7) is 12.5. The van der Waals surface area contributed by atoms with Crippen molar-refractivity contribution < 1.29 is 4.74 Å². The van der Waals surface area contributed by atoms with Crippen molar-refractivity contribution in [3.8, 4) is 0 Å². The molecule has 2 rings (SSSR count). The molecule has 2 aliphatic heterocycles. The Kier molecular flexibility index (Phi) is 4.45. The Morgan fingerprint density at radius 2 is 2.06 bits per heavy atom. The van der Waals surface area contributed by atoms with Crippen molar-refractivity contribution in [2.75, 3.05) is 32.8 Å². The molecule has 3 nitrogen and oxygen atoms in total. The van der Waals surface area contributed by atoms with Crippen LogP contribution >= 0.6 is 0 Å². The molecule has 2 heterocycles. The largest absolute Gasteiger partial charge is 0.381 e. The fraction of sp³-hybridized carbons (Fsp3) is 1.00. The first-order valence-electron chi connectivity index (χ1n) is 7.20. The van der Waals surface area contributed by atoms with Crippen molar-refractivity contribution in [2.45, 2.75) is 51.6 Å². The summed E-state index contributed by atoms with van der Waals surface area (Å²) in [7, 11) is 0. The van der Waals surface area contributed by atoms with Crippen LogP contribution in [0.4, 0.5) is 0 Å². The second-order valence-electron chi connectivity index (χ2n) is 6.13. The molecule has 0 aliphatic carbocycles. The summed E-state index contributed by atoms with van der Waals surface area (Å²) in [5, 5.41) is 3.70. The maximum Gasteiger partial charge on any atom is 0.0469 e. The number of hydrogen-bond donors (Lipinski definition) is 1. The van der Waals surface area contributed by atoms with Gasteiger partial charge in [0.2, 0.25) is 0 Å². The highest BCUT2D eigenvalue weighted by molar-refractivity contribution is 4.93. The lowest BCUT2D eigenvalue weighted by molar-refractivity contribution is 0.0273. The van der Waals surface area contributed by atoms with Crippen molar-refractivity contribution in [3.05, 3.63) is 0 Å². The third-order valence-electron chi connectivity index (χ3n) is 4.61. The van der Waals surface area contributed by atoms with Gasteiger partial charge in [0.15, 0.2) is 0 Å². The summed E-state index contributed by atoms with van der Waals surface area (Å²) in [4.78, 5) is 2.69. The number of nitrogens with zero attached hydrogens (tertiary/aromatic N) is 1. The van der Waals surface area contributed by atoms with E-state index in [-0.39, 0.29) is 0 Å². The van der Waals surface area contributed by atoms with E-state index in [4.69, 9.17) is 4.74 Å². The molecule has 1 N–H and O–H groups in total. The second kappa shape index (κ2) is 5.68. The Morgan fingerprint density at radius 1 is 1.35 bits per heavy atom. The van der Waals surface area contributed by atoms with Gasteiger partial charge in [-0.25, -0.2) is 0 Å². The van der Waals surface area contributed by atoms with E-state index in [0.717, 1.165) is 25.7 Å². The second-order valence-corrected chi connectivity index (χ2v) is 6.13. The first-order valence-corrected chi connectivity index (χ1v) is 7.20. The molecule has 2 aliphatic rings. The zero-order chi connectivity index (χ0) is 12.3. The Balaban J connectivity index is 1.88. The van der Waals surface area contributed by atoms with E-state index in [1.54, 1.807) is 0 Å². The van der Waals surface area contributed by atoms with Gasteiger partial charge >= 0.3 is 0 Å². The van der Waals surface area contributed by atoms with Crippen LogP contribution in [0.1, 0.15) is 40.0 Å². The van der Waals surface area contributed by atoms with E-state index < -0.39 is 0 Å². The minimum Gasteiger partial charge on any atom is -0.381 e. The molecule has 0 bridgehead atoms. The fourth-order valence-electron chi connectivity index (χ4n) is 2.93. The molecule has 0 saturated carbocycles. The van der Waals surface area contributed by atoms with Crippen LogP contribution in [-0.2, 0) is 4.74 Å². The van der Waals surface area contributed by atoms with Gasteiger partial charge in [-0.1, -0.05) is 6.92 Å². The van der Waals surface area contributed by atoms with Gasteiger partial charge in [-0.15, -0.1) is 0 Å². The van der Waals surface area contributed by atoms with E-state index >= 15 is 0 Å². The Morgan fingerprint density at radius 3 is 2.71 bits per heavy atom. The smallest absolute Gasteiger partial charge is 0.0469 e. The van der Waals surface area contributed by atoms with Crippen LogP contribution in [-0.4, -0.2) is 49.3 Å². The molecule has 2 unspecified atom stereocenters. The van der Waals surface area contributed by atoms with Crippen molar-refractivity contribution in [1.82, 2.24) is 10.2 Å². The zero-order valence-corrected chi connectivity index (χ0v) is 11.7. The molecule has 0 amide bonds. The zero-order valence-electron chi connectivity index (χ0n) is 11.7. The number of rotatable bonds is 3. The summed E-state index contributed by atoms with van der Waals surface area (Å²) in [5.74, 6) is 0.852. The first kappa shape index (κ1) is 13.3. The van der Waals surface area contributed by atoms with Crippen LogP contribution in [0.15, 0.2) is 0 Å². The van der Waals surface area contributed by atoms with Crippen molar-refractivity contribution in [2.24, 2.45) is 5.92 Å². The predicted molar refractivity (Wildman–Crippen MR) is 71.3 cm³/mol. The molecule has 3 heteroatoms. The van der Waals surface area contributed by atoms with Gasteiger partial charge < -0.3 is 10.1 Å². The summed E-state index contributed by atoms with van der Waals surface area (Å²) in [6.07, 6.45) is 3.71. The third kappa shape index (κ3) is 3.43. The van der Waals surface area contributed by atoms with Crippen LogP contribution in [0.3, 0.4) is 0 Å². The van der Waals surface area contributed by atoms with Crippen LogP contribution in [0.5, 0.6) is 0 Å². The molecular formula is C14H28N2O. The molecule has 2 atom stereocenters. The third-order valence-corrected chi connectivity index (χ3v) is 4.61. The molecule has 100 valence electrons. The molecule has 0 aromatic rings. The molecule has 2 saturated heterocycles. The van der Waals surface area contributed by atoms with Crippen molar-refractivity contribution >= 4 is 0 Å². The lowest BCUT2D eigenvalue weighted by atomic mass is 9.91. The van der Waals surface area contributed by atoms with Gasteiger partial charge in [0, 0.05) is 44.4 Å². The lowest BCUT2D eigenvalue weighted by Gasteiger charge is -2.46. The first-order chi connectivity index (χ1) is 8.13. The van der Waals surface area contributed by atoms with E-state index in [1.807, 2.05) is 0 Å². The quantitative estimate of drug-likeness (QED) is 0.815. The fourth-order valence-corrected chi connectivity index (χ4v) is 2.93. The average molecular weight is 240 g/mol. The highest BCUT2D eigenvalue weighted by Gasteiger charge is 2.33. The summed E-state index contributed by atoms with van der Waals surface area (Å²) < 4.78 is 5.45. The SMILES string of the molecule is CCC1(C)CN(CC2CCOCC2)C(C)CN1. The molecular weight excluding hydrogens is 212 g/mol. The summed E-state index contributed by atoms with van der Waals surface area (Å²) >= 11 is 0. The minimum atomic E-state index is 0.317. The molecule has 0 aromatic carbocycles. The Hall–Kier alpha value is -0.120. The van der Waals surface area contributed by atoms with Crippen LogP contribution in [0.25, 0.3) is 0 Å². The monoisotopic (exact) mass is 240 g/mol.